The molecule has 0 fully saturated rings. The third-order valence-corrected chi connectivity index (χ3v) is 8.20. The van der Waals surface area contributed by atoms with Gasteiger partial charge in [0.2, 0.25) is 0 Å². The minimum absolute atomic E-state index is 0.316. The van der Waals surface area contributed by atoms with Crippen molar-refractivity contribution in [3.05, 3.63) is 111 Å². The van der Waals surface area contributed by atoms with E-state index < -0.39 is 19.7 Å². The summed E-state index contributed by atoms with van der Waals surface area (Å²) in [6, 6.07) is 24.3. The zero-order valence-corrected chi connectivity index (χ0v) is 23.8. The van der Waals surface area contributed by atoms with Gasteiger partial charge in [0.05, 0.1) is 6.57 Å². The number of sulfone groups is 2. The lowest BCUT2D eigenvalue weighted by molar-refractivity contribution is 0.607. The highest BCUT2D eigenvalue weighted by Gasteiger charge is 2.16. The molecule has 1 unspecified atom stereocenters. The first kappa shape index (κ1) is 29.4. The van der Waals surface area contributed by atoms with Gasteiger partial charge in [-0.2, -0.15) is 5.26 Å². The van der Waals surface area contributed by atoms with Crippen LogP contribution in [-0.2, 0) is 19.7 Å². The second-order valence-electron chi connectivity index (χ2n) is 9.18. The molecule has 3 rings (SSSR count). The zero-order valence-electron chi connectivity index (χ0n) is 22.2. The Bertz CT molecular complexity index is 1590. The van der Waals surface area contributed by atoms with Gasteiger partial charge in [0.25, 0.3) is 5.03 Å². The molecule has 1 atom stereocenters. The molecule has 0 aliphatic carbocycles. The number of hydrogen-bond donors (Lipinski definition) is 0. The Morgan fingerprint density at radius 3 is 1.64 bits per heavy atom. The number of nitriles is 1. The van der Waals surface area contributed by atoms with Crippen molar-refractivity contribution in [1.29, 1.82) is 5.26 Å². The Hall–Kier alpha value is -4.18. The van der Waals surface area contributed by atoms with E-state index in [1.807, 2.05) is 41.3 Å². The van der Waals surface area contributed by atoms with Gasteiger partial charge in [-0.15, -0.1) is 0 Å². The highest BCUT2D eigenvalue weighted by Crippen LogP contribution is 2.36. The summed E-state index contributed by atoms with van der Waals surface area (Å²) in [7, 11) is -7.26. The summed E-state index contributed by atoms with van der Waals surface area (Å²) in [5.74, 6) is 0.417. The minimum Gasteiger partial charge on any atom is -0.311 e. The number of allylic oxidation sites excluding steroid dienone is 1. The highest BCUT2D eigenvalue weighted by molar-refractivity contribution is 7.95. The first-order valence-corrected chi connectivity index (χ1v) is 15.9. The van der Waals surface area contributed by atoms with Gasteiger partial charge in [0.1, 0.15) is 11.0 Å². The van der Waals surface area contributed by atoms with Crippen LogP contribution < -0.4 is 4.90 Å². The number of rotatable bonds is 9. The van der Waals surface area contributed by atoms with Crippen LogP contribution in [0.3, 0.4) is 0 Å². The first-order chi connectivity index (χ1) is 18.4. The van der Waals surface area contributed by atoms with Gasteiger partial charge in [-0.05, 0) is 77.6 Å². The summed E-state index contributed by atoms with van der Waals surface area (Å²) < 4.78 is 47.3. The third-order valence-electron chi connectivity index (χ3n) is 6.22. The molecule has 0 saturated heterocycles. The Balaban J connectivity index is 2.09. The summed E-state index contributed by atoms with van der Waals surface area (Å²) in [6.07, 6.45) is 5.70. The predicted molar refractivity (Wildman–Crippen MR) is 158 cm³/mol. The van der Waals surface area contributed by atoms with E-state index >= 15 is 0 Å². The third kappa shape index (κ3) is 7.44. The molecule has 3 aromatic rings. The Labute approximate surface area is 231 Å². The first-order valence-electron chi connectivity index (χ1n) is 12.1. The lowest BCUT2D eigenvalue weighted by atomic mass is 9.98. The average Bonchev–Trinajstić information content (AvgIpc) is 2.90. The SMILES string of the molecule is [C-]#[N+]C(=Cc1ccc(N(c2ccc(C=C(C#N)S(C)(=O)=O)cc2)c2ccc(C(C)CC)cc2)cc1)S(C)(=O)=O. The van der Waals surface area contributed by atoms with Gasteiger partial charge >= 0.3 is 0 Å². The van der Waals surface area contributed by atoms with Gasteiger partial charge in [-0.3, -0.25) is 0 Å². The lowest BCUT2D eigenvalue weighted by Crippen LogP contribution is -2.10. The molecule has 0 aromatic heterocycles. The molecule has 0 bridgehead atoms. The Morgan fingerprint density at radius 2 is 1.28 bits per heavy atom. The number of anilines is 3. The topological polar surface area (TPSA) is 99.7 Å². The van der Waals surface area contributed by atoms with E-state index in [-0.39, 0.29) is 9.93 Å². The van der Waals surface area contributed by atoms with Crippen molar-refractivity contribution in [3.63, 3.8) is 0 Å². The van der Waals surface area contributed by atoms with E-state index in [2.05, 4.69) is 30.8 Å². The average molecular weight is 560 g/mol. The van der Waals surface area contributed by atoms with Crippen molar-refractivity contribution in [2.75, 3.05) is 17.4 Å². The predicted octanol–water partition coefficient (Wildman–Crippen LogP) is 6.84. The van der Waals surface area contributed by atoms with Gasteiger partial charge in [-0.1, -0.05) is 50.2 Å². The molecule has 0 N–H and O–H groups in total. The second kappa shape index (κ2) is 12.1. The maximum atomic E-state index is 11.8. The highest BCUT2D eigenvalue weighted by atomic mass is 32.2. The maximum Gasteiger partial charge on any atom is 0.278 e. The van der Waals surface area contributed by atoms with Crippen LogP contribution in [0.15, 0.2) is 82.7 Å². The molecule has 3 aromatic carbocycles. The van der Waals surface area contributed by atoms with Crippen LogP contribution in [0.5, 0.6) is 0 Å². The number of hydrogen-bond acceptors (Lipinski definition) is 6. The van der Waals surface area contributed by atoms with Crippen LogP contribution >= 0.6 is 0 Å². The summed E-state index contributed by atoms with van der Waals surface area (Å²) in [5, 5.41) is 8.89. The minimum atomic E-state index is -3.63. The van der Waals surface area contributed by atoms with E-state index in [0.29, 0.717) is 17.0 Å². The fourth-order valence-corrected chi connectivity index (χ4v) is 4.84. The molecule has 0 amide bonds. The van der Waals surface area contributed by atoms with E-state index in [1.165, 1.54) is 17.7 Å². The van der Waals surface area contributed by atoms with Crippen molar-refractivity contribution in [3.8, 4) is 6.07 Å². The molecule has 9 heteroatoms. The van der Waals surface area contributed by atoms with Gasteiger partial charge < -0.3 is 4.90 Å². The number of benzene rings is 3. The largest absolute Gasteiger partial charge is 0.311 e. The maximum absolute atomic E-state index is 11.8. The normalized spacial score (nSPS) is 13.3. The smallest absolute Gasteiger partial charge is 0.278 e. The Morgan fingerprint density at radius 1 is 0.846 bits per heavy atom. The van der Waals surface area contributed by atoms with E-state index in [0.717, 1.165) is 36.0 Å². The molecular weight excluding hydrogens is 530 g/mol. The van der Waals surface area contributed by atoms with Crippen LogP contribution in [0, 0.1) is 17.9 Å². The van der Waals surface area contributed by atoms with E-state index in [9.17, 15) is 22.1 Å². The Kier molecular flexibility index (Phi) is 9.13. The number of nitrogens with zero attached hydrogens (tertiary/aromatic N) is 3. The molecule has 39 heavy (non-hydrogen) atoms. The van der Waals surface area contributed by atoms with Crippen molar-refractivity contribution >= 4 is 48.9 Å². The molecule has 0 radical (unpaired) electrons. The van der Waals surface area contributed by atoms with E-state index in [1.54, 1.807) is 30.3 Å². The molecule has 0 aliphatic heterocycles. The molecule has 0 heterocycles. The van der Waals surface area contributed by atoms with Gasteiger partial charge in [0, 0.05) is 29.6 Å². The van der Waals surface area contributed by atoms with Gasteiger partial charge in [-0.25, -0.2) is 21.7 Å². The monoisotopic (exact) mass is 559 g/mol. The van der Waals surface area contributed by atoms with Crippen molar-refractivity contribution in [2.45, 2.75) is 26.2 Å². The van der Waals surface area contributed by atoms with Crippen LogP contribution in [0.25, 0.3) is 17.0 Å². The molecule has 0 saturated carbocycles. The molecule has 0 spiro atoms. The molecule has 0 aliphatic rings. The molecule has 200 valence electrons. The van der Waals surface area contributed by atoms with Crippen LogP contribution in [-0.4, -0.2) is 29.3 Å². The zero-order chi connectivity index (χ0) is 28.8. The van der Waals surface area contributed by atoms with Crippen molar-refractivity contribution < 1.29 is 16.8 Å². The van der Waals surface area contributed by atoms with Crippen molar-refractivity contribution in [1.82, 2.24) is 0 Å². The fraction of sp³-hybridized carbons (Fsp3) is 0.200. The van der Waals surface area contributed by atoms with Gasteiger partial charge in [0.15, 0.2) is 19.7 Å². The van der Waals surface area contributed by atoms with Crippen LogP contribution in [0.4, 0.5) is 17.1 Å². The summed E-state index contributed by atoms with van der Waals surface area (Å²) in [6.45, 7) is 11.5. The van der Waals surface area contributed by atoms with E-state index in [4.69, 9.17) is 6.57 Å². The lowest BCUT2D eigenvalue weighted by Gasteiger charge is -2.26. The fourth-order valence-electron chi connectivity index (χ4n) is 3.81. The van der Waals surface area contributed by atoms with Crippen LogP contribution in [0.2, 0.25) is 0 Å². The van der Waals surface area contributed by atoms with Crippen LogP contribution in [0.1, 0.15) is 42.9 Å². The second-order valence-corrected chi connectivity index (χ2v) is 13.1. The van der Waals surface area contributed by atoms with Crippen molar-refractivity contribution in [2.24, 2.45) is 0 Å². The summed E-state index contributed by atoms with van der Waals surface area (Å²) >= 11 is 0. The standard InChI is InChI=1S/C30H29N3O4S2/c1-6-22(2)25-11-17-28(18-12-25)33(26-13-7-23(8-14-26)19-29(21-31)38(4,34)35)27-15-9-24(10-16-27)20-30(32-3)39(5,36)37/h7-20,22H,6H2,1-2,4-5H3. The molecular formula is C30H29N3O4S2. The quantitative estimate of drug-likeness (QED) is 0.210. The summed E-state index contributed by atoms with van der Waals surface area (Å²) in [5.41, 5.74) is 4.85. The summed E-state index contributed by atoms with van der Waals surface area (Å²) in [4.78, 5) is 4.83. The molecule has 7 nitrogen and oxygen atoms in total.